The predicted octanol–water partition coefficient (Wildman–Crippen LogP) is 1.63. The summed E-state index contributed by atoms with van der Waals surface area (Å²) in [6.07, 6.45) is 7.36. The van der Waals surface area contributed by atoms with Crippen LogP contribution in [0.15, 0.2) is 0 Å². The SMILES string of the molecule is Cn1nc(CN(C(=O)CN2CCOC2=O)C2CCCC2)c2c1CCC2. The number of carbonyl (C=O) groups excluding carboxylic acids is 2. The summed E-state index contributed by atoms with van der Waals surface area (Å²) in [6, 6.07) is 0.269. The largest absolute Gasteiger partial charge is 0.448 e. The zero-order chi connectivity index (χ0) is 17.4. The predicted molar refractivity (Wildman–Crippen MR) is 91.0 cm³/mol. The molecule has 2 fully saturated rings. The van der Waals surface area contributed by atoms with Crippen LogP contribution in [0, 0.1) is 0 Å². The number of hydrogen-bond donors (Lipinski definition) is 0. The van der Waals surface area contributed by atoms with E-state index in [1.807, 2.05) is 16.6 Å². The van der Waals surface area contributed by atoms with Crippen LogP contribution in [0.1, 0.15) is 49.1 Å². The van der Waals surface area contributed by atoms with Gasteiger partial charge in [0.25, 0.3) is 0 Å². The number of ether oxygens (including phenoxy) is 1. The van der Waals surface area contributed by atoms with Gasteiger partial charge < -0.3 is 9.64 Å². The molecule has 0 unspecified atom stereocenters. The van der Waals surface area contributed by atoms with Gasteiger partial charge in [0.15, 0.2) is 0 Å². The Morgan fingerprint density at radius 2 is 2.08 bits per heavy atom. The topological polar surface area (TPSA) is 67.7 Å². The lowest BCUT2D eigenvalue weighted by Crippen LogP contribution is -2.44. The van der Waals surface area contributed by atoms with Crippen LogP contribution in [0.25, 0.3) is 0 Å². The molecule has 1 saturated carbocycles. The molecule has 2 amide bonds. The molecule has 1 aromatic heterocycles. The van der Waals surface area contributed by atoms with Crippen LogP contribution in [-0.4, -0.2) is 57.3 Å². The summed E-state index contributed by atoms with van der Waals surface area (Å²) in [7, 11) is 2.00. The fraction of sp³-hybridized carbons (Fsp3) is 0.722. The molecule has 25 heavy (non-hydrogen) atoms. The van der Waals surface area contributed by atoms with E-state index in [-0.39, 0.29) is 24.6 Å². The van der Waals surface area contributed by atoms with Crippen LogP contribution in [-0.2, 0) is 36.0 Å². The van der Waals surface area contributed by atoms with Crippen molar-refractivity contribution in [1.29, 1.82) is 0 Å². The normalized spacial score (nSPS) is 20.2. The molecule has 136 valence electrons. The van der Waals surface area contributed by atoms with Gasteiger partial charge in [0, 0.05) is 18.8 Å². The fourth-order valence-electron chi connectivity index (χ4n) is 4.45. The quantitative estimate of drug-likeness (QED) is 0.813. The first-order chi connectivity index (χ1) is 12.1. The molecular formula is C18H26N4O3. The molecule has 0 aromatic carbocycles. The molecule has 7 nitrogen and oxygen atoms in total. The van der Waals surface area contributed by atoms with Crippen molar-refractivity contribution < 1.29 is 14.3 Å². The third kappa shape index (κ3) is 3.12. The lowest BCUT2D eigenvalue weighted by atomic mass is 10.1. The lowest BCUT2D eigenvalue weighted by molar-refractivity contribution is -0.134. The van der Waals surface area contributed by atoms with E-state index in [4.69, 9.17) is 9.84 Å². The zero-order valence-electron chi connectivity index (χ0n) is 14.9. The maximum atomic E-state index is 13.0. The van der Waals surface area contributed by atoms with Crippen molar-refractivity contribution in [3.8, 4) is 0 Å². The van der Waals surface area contributed by atoms with Gasteiger partial charge in [-0.1, -0.05) is 12.8 Å². The first kappa shape index (κ1) is 16.4. The molecule has 0 N–H and O–H groups in total. The Morgan fingerprint density at radius 1 is 1.28 bits per heavy atom. The smallest absolute Gasteiger partial charge is 0.410 e. The summed E-state index contributed by atoms with van der Waals surface area (Å²) in [5.74, 6) is 0.0168. The van der Waals surface area contributed by atoms with E-state index >= 15 is 0 Å². The van der Waals surface area contributed by atoms with E-state index in [1.54, 1.807) is 0 Å². The van der Waals surface area contributed by atoms with E-state index < -0.39 is 0 Å². The summed E-state index contributed by atoms with van der Waals surface area (Å²) in [6.45, 7) is 1.56. The van der Waals surface area contributed by atoms with E-state index in [9.17, 15) is 9.59 Å². The summed E-state index contributed by atoms with van der Waals surface area (Å²) < 4.78 is 6.93. The monoisotopic (exact) mass is 346 g/mol. The number of rotatable bonds is 5. The van der Waals surface area contributed by atoms with E-state index in [0.717, 1.165) is 31.4 Å². The Kier molecular flexibility index (Phi) is 4.39. The molecule has 1 saturated heterocycles. The third-order valence-corrected chi connectivity index (χ3v) is 5.78. The van der Waals surface area contributed by atoms with E-state index in [1.165, 1.54) is 35.4 Å². The van der Waals surface area contributed by atoms with Crippen molar-refractivity contribution in [3.63, 3.8) is 0 Å². The Balaban J connectivity index is 1.53. The minimum atomic E-state index is -0.376. The zero-order valence-corrected chi connectivity index (χ0v) is 14.9. The molecule has 0 atom stereocenters. The van der Waals surface area contributed by atoms with Crippen molar-refractivity contribution in [2.24, 2.45) is 7.05 Å². The molecule has 4 rings (SSSR count). The third-order valence-electron chi connectivity index (χ3n) is 5.78. The van der Waals surface area contributed by atoms with Crippen LogP contribution < -0.4 is 0 Å². The van der Waals surface area contributed by atoms with Gasteiger partial charge in [-0.25, -0.2) is 4.79 Å². The molecule has 1 aliphatic heterocycles. The van der Waals surface area contributed by atoms with Gasteiger partial charge in [-0.3, -0.25) is 14.4 Å². The highest BCUT2D eigenvalue weighted by Gasteiger charge is 2.33. The number of nitrogens with zero attached hydrogens (tertiary/aromatic N) is 4. The summed E-state index contributed by atoms with van der Waals surface area (Å²) >= 11 is 0. The molecule has 0 radical (unpaired) electrons. The molecule has 2 heterocycles. The second-order valence-electron chi connectivity index (χ2n) is 7.34. The first-order valence-corrected chi connectivity index (χ1v) is 9.38. The van der Waals surface area contributed by atoms with Gasteiger partial charge in [0.1, 0.15) is 13.2 Å². The van der Waals surface area contributed by atoms with Crippen molar-refractivity contribution in [3.05, 3.63) is 17.0 Å². The van der Waals surface area contributed by atoms with Gasteiger partial charge in [-0.2, -0.15) is 5.10 Å². The standard InChI is InChI=1S/C18H26N4O3/c1-20-16-8-4-7-14(16)15(19-20)11-22(13-5-2-3-6-13)17(23)12-21-9-10-25-18(21)24/h13H,2-12H2,1H3. The number of hydrogen-bond acceptors (Lipinski definition) is 4. The fourth-order valence-corrected chi connectivity index (χ4v) is 4.45. The Labute approximate surface area is 147 Å². The molecule has 3 aliphatic rings. The first-order valence-electron chi connectivity index (χ1n) is 9.38. The minimum Gasteiger partial charge on any atom is -0.448 e. The number of aromatic nitrogens is 2. The molecular weight excluding hydrogens is 320 g/mol. The summed E-state index contributed by atoms with van der Waals surface area (Å²) in [5, 5.41) is 4.69. The molecule has 2 aliphatic carbocycles. The van der Waals surface area contributed by atoms with Gasteiger partial charge >= 0.3 is 6.09 Å². The highest BCUT2D eigenvalue weighted by molar-refractivity contribution is 5.83. The Bertz CT molecular complexity index is 678. The maximum Gasteiger partial charge on any atom is 0.410 e. The van der Waals surface area contributed by atoms with E-state index in [2.05, 4.69) is 0 Å². The van der Waals surface area contributed by atoms with Crippen LogP contribution in [0.3, 0.4) is 0 Å². The van der Waals surface area contributed by atoms with Crippen LogP contribution in [0.5, 0.6) is 0 Å². The average Bonchev–Trinajstić information content (AvgIpc) is 3.35. The highest BCUT2D eigenvalue weighted by Crippen LogP contribution is 2.29. The second kappa shape index (κ2) is 6.69. The van der Waals surface area contributed by atoms with Gasteiger partial charge in [-0.05, 0) is 37.7 Å². The van der Waals surface area contributed by atoms with Crippen LogP contribution in [0.4, 0.5) is 4.79 Å². The average molecular weight is 346 g/mol. The maximum absolute atomic E-state index is 13.0. The number of cyclic esters (lactones) is 1. The van der Waals surface area contributed by atoms with Gasteiger partial charge in [-0.15, -0.1) is 0 Å². The lowest BCUT2D eigenvalue weighted by Gasteiger charge is -2.30. The van der Waals surface area contributed by atoms with E-state index in [0.29, 0.717) is 19.7 Å². The number of aryl methyl sites for hydroxylation is 1. The second-order valence-corrected chi connectivity index (χ2v) is 7.34. The molecule has 1 aromatic rings. The summed E-state index contributed by atoms with van der Waals surface area (Å²) in [4.78, 5) is 28.1. The Morgan fingerprint density at radius 3 is 2.80 bits per heavy atom. The number of carbonyl (C=O) groups is 2. The minimum absolute atomic E-state index is 0.0168. The van der Waals surface area contributed by atoms with Crippen LogP contribution >= 0.6 is 0 Å². The molecule has 0 bridgehead atoms. The molecule has 7 heteroatoms. The van der Waals surface area contributed by atoms with Crippen LogP contribution in [0.2, 0.25) is 0 Å². The highest BCUT2D eigenvalue weighted by atomic mass is 16.6. The Hall–Kier alpha value is -2.05. The van der Waals surface area contributed by atoms with Gasteiger partial charge in [0.2, 0.25) is 5.91 Å². The summed E-state index contributed by atoms with van der Waals surface area (Å²) in [5.41, 5.74) is 3.69. The molecule has 0 spiro atoms. The number of amides is 2. The van der Waals surface area contributed by atoms with Gasteiger partial charge in [0.05, 0.1) is 18.8 Å². The van der Waals surface area contributed by atoms with Crippen molar-refractivity contribution in [2.75, 3.05) is 19.7 Å². The number of fused-ring (bicyclic) bond motifs is 1. The van der Waals surface area contributed by atoms with Crippen molar-refractivity contribution in [1.82, 2.24) is 19.6 Å². The van der Waals surface area contributed by atoms with Crippen molar-refractivity contribution in [2.45, 2.75) is 57.5 Å². The van der Waals surface area contributed by atoms with Crippen molar-refractivity contribution >= 4 is 12.0 Å².